The minimum atomic E-state index is -0.0180. The first-order valence-electron chi connectivity index (χ1n) is 6.28. The molecule has 100 valence electrons. The van der Waals surface area contributed by atoms with Gasteiger partial charge >= 0.3 is 0 Å². The summed E-state index contributed by atoms with van der Waals surface area (Å²) in [5.41, 5.74) is 0.685. The molecule has 1 amide bonds. The van der Waals surface area contributed by atoms with Crippen LogP contribution in [0.5, 0.6) is 0 Å². The summed E-state index contributed by atoms with van der Waals surface area (Å²) in [6.07, 6.45) is 0.963. The Hall–Kier alpha value is -1.00. The van der Waals surface area contributed by atoms with Gasteiger partial charge in [-0.2, -0.15) is 0 Å². The molecule has 1 rings (SSSR count). The number of thiol groups is 1. The lowest BCUT2D eigenvalue weighted by Gasteiger charge is -2.20. The Morgan fingerprint density at radius 3 is 2.50 bits per heavy atom. The van der Waals surface area contributed by atoms with E-state index in [9.17, 15) is 4.79 Å². The highest BCUT2D eigenvalue weighted by Gasteiger charge is 2.05. The fourth-order valence-electron chi connectivity index (χ4n) is 1.50. The second-order valence-electron chi connectivity index (χ2n) is 4.73. The molecule has 0 saturated heterocycles. The van der Waals surface area contributed by atoms with Gasteiger partial charge in [0.15, 0.2) is 0 Å². The van der Waals surface area contributed by atoms with Gasteiger partial charge in [0.2, 0.25) is 0 Å². The van der Waals surface area contributed by atoms with Crippen LogP contribution in [-0.4, -0.2) is 37.0 Å². The molecule has 0 unspecified atom stereocenters. The van der Waals surface area contributed by atoms with Crippen molar-refractivity contribution in [2.45, 2.75) is 31.2 Å². The highest BCUT2D eigenvalue weighted by molar-refractivity contribution is 7.80. The third kappa shape index (κ3) is 5.10. The molecule has 0 aliphatic rings. The number of nitrogens with zero attached hydrogens (tertiary/aromatic N) is 1. The maximum atomic E-state index is 11.8. The van der Waals surface area contributed by atoms with E-state index in [1.807, 2.05) is 12.1 Å². The first-order chi connectivity index (χ1) is 8.50. The first-order valence-corrected chi connectivity index (χ1v) is 6.73. The summed E-state index contributed by atoms with van der Waals surface area (Å²) in [5.74, 6) is -0.0180. The number of carbonyl (C=O) groups excluding carboxylic acids is 1. The van der Waals surface area contributed by atoms with Crippen LogP contribution in [0.4, 0.5) is 0 Å². The predicted octanol–water partition coefficient (Wildman–Crippen LogP) is 2.44. The molecule has 0 saturated carbocycles. The van der Waals surface area contributed by atoms with Gasteiger partial charge in [-0.15, -0.1) is 12.6 Å². The third-order valence-electron chi connectivity index (χ3n) is 2.98. The smallest absolute Gasteiger partial charge is 0.251 e. The van der Waals surface area contributed by atoms with Gasteiger partial charge in [0.05, 0.1) is 0 Å². The van der Waals surface area contributed by atoms with E-state index < -0.39 is 0 Å². The van der Waals surface area contributed by atoms with Crippen molar-refractivity contribution in [3.05, 3.63) is 29.8 Å². The van der Waals surface area contributed by atoms with Crippen LogP contribution in [0.3, 0.4) is 0 Å². The van der Waals surface area contributed by atoms with Crippen LogP contribution in [0.25, 0.3) is 0 Å². The van der Waals surface area contributed by atoms with Gasteiger partial charge in [-0.3, -0.25) is 4.79 Å². The van der Waals surface area contributed by atoms with Crippen LogP contribution < -0.4 is 5.32 Å². The normalized spacial score (nSPS) is 11.0. The van der Waals surface area contributed by atoms with E-state index in [-0.39, 0.29) is 5.91 Å². The number of benzene rings is 1. The monoisotopic (exact) mass is 266 g/mol. The lowest BCUT2D eigenvalue weighted by atomic mass is 10.2. The second-order valence-corrected chi connectivity index (χ2v) is 5.25. The molecule has 4 heteroatoms. The molecule has 0 radical (unpaired) electrons. The van der Waals surface area contributed by atoms with E-state index in [4.69, 9.17) is 0 Å². The van der Waals surface area contributed by atoms with Crippen molar-refractivity contribution in [2.24, 2.45) is 0 Å². The molecule has 1 N–H and O–H groups in total. The van der Waals surface area contributed by atoms with Crippen LogP contribution in [0.15, 0.2) is 29.2 Å². The number of hydrogen-bond donors (Lipinski definition) is 2. The Bertz CT molecular complexity index is 376. The van der Waals surface area contributed by atoms with Gasteiger partial charge in [0.25, 0.3) is 5.91 Å². The Labute approximate surface area is 115 Å². The maximum absolute atomic E-state index is 11.8. The molecule has 1 aromatic carbocycles. The molecule has 3 nitrogen and oxygen atoms in total. The Morgan fingerprint density at radius 2 is 1.94 bits per heavy atom. The highest BCUT2D eigenvalue weighted by Crippen LogP contribution is 2.07. The number of nitrogens with one attached hydrogen (secondary N) is 1. The summed E-state index contributed by atoms with van der Waals surface area (Å²) in [6.45, 7) is 6.03. The van der Waals surface area contributed by atoms with Gasteiger partial charge in [-0.05, 0) is 58.1 Å². The van der Waals surface area contributed by atoms with Crippen molar-refractivity contribution < 1.29 is 4.79 Å². The van der Waals surface area contributed by atoms with Crippen LogP contribution in [0.2, 0.25) is 0 Å². The lowest BCUT2D eigenvalue weighted by molar-refractivity contribution is 0.0951. The molecule has 0 aliphatic carbocycles. The van der Waals surface area contributed by atoms with E-state index in [1.54, 1.807) is 12.1 Å². The predicted molar refractivity (Wildman–Crippen MR) is 78.4 cm³/mol. The molecule has 18 heavy (non-hydrogen) atoms. The molecule has 0 aromatic heterocycles. The van der Waals surface area contributed by atoms with E-state index >= 15 is 0 Å². The third-order valence-corrected chi connectivity index (χ3v) is 3.28. The van der Waals surface area contributed by atoms with Crippen LogP contribution in [0.1, 0.15) is 30.6 Å². The molecule has 0 bridgehead atoms. The van der Waals surface area contributed by atoms with Crippen LogP contribution in [-0.2, 0) is 0 Å². The minimum absolute atomic E-state index is 0.0180. The van der Waals surface area contributed by atoms with Gasteiger partial charge < -0.3 is 10.2 Å². The summed E-state index contributed by atoms with van der Waals surface area (Å²) in [5, 5.41) is 2.92. The molecule has 0 spiro atoms. The molecule has 0 fully saturated rings. The number of hydrogen-bond acceptors (Lipinski definition) is 3. The Kier molecular flexibility index (Phi) is 6.22. The lowest BCUT2D eigenvalue weighted by Crippen LogP contribution is -2.31. The quantitative estimate of drug-likeness (QED) is 0.612. The van der Waals surface area contributed by atoms with Gasteiger partial charge in [0.1, 0.15) is 0 Å². The molecular formula is C14H22N2OS. The second kappa shape index (κ2) is 7.44. The van der Waals surface area contributed by atoms with E-state index in [0.717, 1.165) is 17.9 Å². The van der Waals surface area contributed by atoms with Crippen molar-refractivity contribution in [1.29, 1.82) is 0 Å². The average Bonchev–Trinajstić information content (AvgIpc) is 2.34. The van der Waals surface area contributed by atoms with E-state index in [0.29, 0.717) is 18.2 Å². The van der Waals surface area contributed by atoms with Crippen molar-refractivity contribution in [3.8, 4) is 0 Å². The van der Waals surface area contributed by atoms with Gasteiger partial charge in [0, 0.05) is 23.0 Å². The SMILES string of the molecule is CC(C)N(C)CCCNC(=O)c1ccc(S)cc1. The summed E-state index contributed by atoms with van der Waals surface area (Å²) >= 11 is 4.19. The summed E-state index contributed by atoms with van der Waals surface area (Å²) in [7, 11) is 2.10. The average molecular weight is 266 g/mol. The number of rotatable bonds is 6. The van der Waals surface area contributed by atoms with Crippen molar-refractivity contribution in [2.75, 3.05) is 20.1 Å². The van der Waals surface area contributed by atoms with Crippen LogP contribution in [0, 0.1) is 0 Å². The fraction of sp³-hybridized carbons (Fsp3) is 0.500. The molecule has 1 aromatic rings. The van der Waals surface area contributed by atoms with E-state index in [2.05, 4.69) is 43.7 Å². The summed E-state index contributed by atoms with van der Waals surface area (Å²) in [6, 6.07) is 7.77. The zero-order valence-corrected chi connectivity index (χ0v) is 12.2. The van der Waals surface area contributed by atoms with Crippen LogP contribution >= 0.6 is 12.6 Å². The van der Waals surface area contributed by atoms with Crippen molar-refractivity contribution in [1.82, 2.24) is 10.2 Å². The fourth-order valence-corrected chi connectivity index (χ4v) is 1.65. The Balaban J connectivity index is 2.27. The zero-order valence-electron chi connectivity index (χ0n) is 11.3. The van der Waals surface area contributed by atoms with E-state index in [1.165, 1.54) is 0 Å². The van der Waals surface area contributed by atoms with Gasteiger partial charge in [-0.25, -0.2) is 0 Å². The largest absolute Gasteiger partial charge is 0.352 e. The van der Waals surface area contributed by atoms with Crippen molar-refractivity contribution in [3.63, 3.8) is 0 Å². The number of carbonyl (C=O) groups is 1. The van der Waals surface area contributed by atoms with Crippen molar-refractivity contribution >= 4 is 18.5 Å². The minimum Gasteiger partial charge on any atom is -0.352 e. The standard InChI is InChI=1S/C14H22N2OS/c1-11(2)16(3)10-4-9-15-14(17)12-5-7-13(18)8-6-12/h5-8,11,18H,4,9-10H2,1-3H3,(H,15,17). The maximum Gasteiger partial charge on any atom is 0.251 e. The van der Waals surface area contributed by atoms with Gasteiger partial charge in [-0.1, -0.05) is 0 Å². The zero-order chi connectivity index (χ0) is 13.5. The first kappa shape index (κ1) is 15.1. The number of amides is 1. The summed E-state index contributed by atoms with van der Waals surface area (Å²) in [4.78, 5) is 14.9. The molecule has 0 aliphatic heterocycles. The topological polar surface area (TPSA) is 32.3 Å². The molecule has 0 atom stereocenters. The Morgan fingerprint density at radius 1 is 1.33 bits per heavy atom. The molecular weight excluding hydrogens is 244 g/mol. The highest BCUT2D eigenvalue weighted by atomic mass is 32.1. The summed E-state index contributed by atoms with van der Waals surface area (Å²) < 4.78 is 0. The molecule has 0 heterocycles.